The van der Waals surface area contributed by atoms with Crippen LogP contribution < -0.4 is 4.18 Å². The number of rotatable bonds is 5. The normalized spacial score (nSPS) is 12.2. The minimum atomic E-state index is -4.03. The second-order valence-electron chi connectivity index (χ2n) is 5.64. The van der Waals surface area contributed by atoms with Crippen LogP contribution in [0.2, 0.25) is 0 Å². The lowest BCUT2D eigenvalue weighted by atomic mass is 10.1. The molecule has 0 aliphatic carbocycles. The van der Waals surface area contributed by atoms with Gasteiger partial charge in [0.25, 0.3) is 0 Å². The topological polar surface area (TPSA) is 77.5 Å². The number of hydrogen-bond acceptors (Lipinski definition) is 5. The molecule has 0 N–H and O–H groups in total. The van der Waals surface area contributed by atoms with Gasteiger partial charge in [0.15, 0.2) is 9.84 Å². The Hall–Kier alpha value is -1.86. The van der Waals surface area contributed by atoms with Crippen LogP contribution in [0.25, 0.3) is 0 Å². The summed E-state index contributed by atoms with van der Waals surface area (Å²) in [6.07, 6.45) is 0. The van der Waals surface area contributed by atoms with Gasteiger partial charge in [-0.3, -0.25) is 0 Å². The first kappa shape index (κ1) is 18.5. The highest BCUT2D eigenvalue weighted by molar-refractivity contribution is 7.91. The van der Waals surface area contributed by atoms with Crippen LogP contribution in [0.5, 0.6) is 5.75 Å². The van der Waals surface area contributed by atoms with Crippen molar-refractivity contribution in [2.45, 2.75) is 37.5 Å². The SMILES string of the molecule is CCS(=O)(=O)c1ccc(S(=O)(=O)Oc2c(C)cc(C)cc2C)cc1. The van der Waals surface area contributed by atoms with E-state index in [2.05, 4.69) is 0 Å². The van der Waals surface area contributed by atoms with Crippen LogP contribution in [-0.2, 0) is 20.0 Å². The van der Waals surface area contributed by atoms with Gasteiger partial charge in [0.2, 0.25) is 0 Å². The van der Waals surface area contributed by atoms with E-state index < -0.39 is 20.0 Å². The van der Waals surface area contributed by atoms with Crippen LogP contribution in [0.3, 0.4) is 0 Å². The van der Waals surface area contributed by atoms with Gasteiger partial charge in [0.05, 0.1) is 10.6 Å². The zero-order valence-electron chi connectivity index (χ0n) is 14.0. The van der Waals surface area contributed by atoms with E-state index in [1.807, 2.05) is 19.1 Å². The molecule has 130 valence electrons. The lowest BCUT2D eigenvalue weighted by Crippen LogP contribution is -2.12. The summed E-state index contributed by atoms with van der Waals surface area (Å²) < 4.78 is 53.8. The summed E-state index contributed by atoms with van der Waals surface area (Å²) >= 11 is 0. The molecule has 0 bridgehead atoms. The molecule has 2 aromatic rings. The van der Waals surface area contributed by atoms with Crippen LogP contribution in [0.1, 0.15) is 23.6 Å². The summed E-state index contributed by atoms with van der Waals surface area (Å²) in [4.78, 5) is 0.00331. The van der Waals surface area contributed by atoms with Crippen LogP contribution in [-0.4, -0.2) is 22.6 Å². The maximum absolute atomic E-state index is 12.4. The van der Waals surface area contributed by atoms with E-state index in [0.29, 0.717) is 5.75 Å². The Morgan fingerprint density at radius 3 is 1.75 bits per heavy atom. The first-order chi connectivity index (χ1) is 11.1. The van der Waals surface area contributed by atoms with Gasteiger partial charge in [-0.1, -0.05) is 24.6 Å². The summed E-state index contributed by atoms with van der Waals surface area (Å²) in [7, 11) is -7.41. The Morgan fingerprint density at radius 1 is 0.833 bits per heavy atom. The van der Waals surface area contributed by atoms with Crippen molar-refractivity contribution in [3.63, 3.8) is 0 Å². The Balaban J connectivity index is 2.39. The van der Waals surface area contributed by atoms with Gasteiger partial charge in [-0.05, 0) is 56.2 Å². The van der Waals surface area contributed by atoms with E-state index in [4.69, 9.17) is 4.18 Å². The Kier molecular flexibility index (Phi) is 5.05. The number of hydrogen-bond donors (Lipinski definition) is 0. The maximum Gasteiger partial charge on any atom is 0.339 e. The van der Waals surface area contributed by atoms with Crippen molar-refractivity contribution in [1.29, 1.82) is 0 Å². The molecular weight excluding hydrogens is 348 g/mol. The molecule has 0 aliphatic heterocycles. The highest BCUT2D eigenvalue weighted by Gasteiger charge is 2.20. The molecule has 0 amide bonds. The van der Waals surface area contributed by atoms with Gasteiger partial charge in [0.1, 0.15) is 10.6 Å². The first-order valence-electron chi connectivity index (χ1n) is 7.42. The minimum absolute atomic E-state index is 0.0443. The molecule has 0 heterocycles. The van der Waals surface area contributed by atoms with Crippen LogP contribution in [0, 0.1) is 20.8 Å². The minimum Gasteiger partial charge on any atom is -0.378 e. The van der Waals surface area contributed by atoms with Gasteiger partial charge in [-0.2, -0.15) is 8.42 Å². The summed E-state index contributed by atoms with van der Waals surface area (Å²) in [5, 5.41) is 0. The van der Waals surface area contributed by atoms with Crippen molar-refractivity contribution >= 4 is 20.0 Å². The van der Waals surface area contributed by atoms with Crippen molar-refractivity contribution in [3.8, 4) is 5.75 Å². The third-order valence-electron chi connectivity index (χ3n) is 3.65. The molecule has 0 aromatic heterocycles. The third kappa shape index (κ3) is 3.79. The van der Waals surface area contributed by atoms with Crippen molar-refractivity contribution in [2.24, 2.45) is 0 Å². The molecular formula is C17H20O5S2. The fourth-order valence-electron chi connectivity index (χ4n) is 2.44. The molecule has 7 heteroatoms. The number of benzene rings is 2. The molecule has 24 heavy (non-hydrogen) atoms. The third-order valence-corrected chi connectivity index (χ3v) is 6.64. The summed E-state index contributed by atoms with van der Waals surface area (Å²) in [6, 6.07) is 8.74. The second-order valence-corrected chi connectivity index (χ2v) is 9.46. The first-order valence-corrected chi connectivity index (χ1v) is 10.5. The van der Waals surface area contributed by atoms with Crippen LogP contribution in [0.15, 0.2) is 46.2 Å². The van der Waals surface area contributed by atoms with Gasteiger partial charge in [0, 0.05) is 0 Å². The van der Waals surface area contributed by atoms with E-state index >= 15 is 0 Å². The molecule has 0 radical (unpaired) electrons. The van der Waals surface area contributed by atoms with E-state index in [1.165, 1.54) is 31.2 Å². The number of aryl methyl sites for hydroxylation is 3. The predicted molar refractivity (Wildman–Crippen MR) is 92.6 cm³/mol. The van der Waals surface area contributed by atoms with E-state index in [-0.39, 0.29) is 15.5 Å². The number of sulfone groups is 1. The average molecular weight is 368 g/mol. The van der Waals surface area contributed by atoms with Crippen LogP contribution >= 0.6 is 0 Å². The van der Waals surface area contributed by atoms with E-state index in [0.717, 1.165) is 16.7 Å². The lowest BCUT2D eigenvalue weighted by Gasteiger charge is -2.13. The second kappa shape index (κ2) is 6.57. The molecule has 0 unspecified atom stereocenters. The van der Waals surface area contributed by atoms with Crippen LogP contribution in [0.4, 0.5) is 0 Å². The predicted octanol–water partition coefficient (Wildman–Crippen LogP) is 3.17. The summed E-state index contributed by atoms with van der Waals surface area (Å²) in [5.74, 6) is 0.253. The van der Waals surface area contributed by atoms with Crippen molar-refractivity contribution in [1.82, 2.24) is 0 Å². The smallest absolute Gasteiger partial charge is 0.339 e. The molecule has 2 aromatic carbocycles. The zero-order chi connectivity index (χ0) is 18.1. The standard InChI is InChI=1S/C17H20O5S2/c1-5-23(18,19)15-6-8-16(9-7-15)24(20,21)22-17-13(3)10-12(2)11-14(17)4/h6-11H,5H2,1-4H3. The molecule has 0 atom stereocenters. The van der Waals surface area contributed by atoms with Crippen molar-refractivity contribution < 1.29 is 21.0 Å². The summed E-state index contributed by atoms with van der Waals surface area (Å²) in [5.41, 5.74) is 2.46. The Bertz CT molecular complexity index is 934. The molecule has 0 fully saturated rings. The Labute approximate surface area is 143 Å². The fraction of sp³-hybridized carbons (Fsp3) is 0.294. The summed E-state index contributed by atoms with van der Waals surface area (Å²) in [6.45, 7) is 7.01. The quantitative estimate of drug-likeness (QED) is 0.758. The molecule has 0 saturated carbocycles. The fourth-order valence-corrected chi connectivity index (χ4v) is 4.37. The molecule has 2 rings (SSSR count). The Morgan fingerprint density at radius 2 is 1.29 bits per heavy atom. The largest absolute Gasteiger partial charge is 0.378 e. The molecule has 0 spiro atoms. The van der Waals surface area contributed by atoms with Crippen molar-refractivity contribution in [3.05, 3.63) is 53.1 Å². The van der Waals surface area contributed by atoms with E-state index in [9.17, 15) is 16.8 Å². The molecule has 0 saturated heterocycles. The molecule has 5 nitrogen and oxygen atoms in total. The highest BCUT2D eigenvalue weighted by Crippen LogP contribution is 2.28. The highest BCUT2D eigenvalue weighted by atomic mass is 32.2. The monoisotopic (exact) mass is 368 g/mol. The zero-order valence-corrected chi connectivity index (χ0v) is 15.7. The van der Waals surface area contributed by atoms with Gasteiger partial charge in [-0.25, -0.2) is 8.42 Å². The maximum atomic E-state index is 12.4. The lowest BCUT2D eigenvalue weighted by molar-refractivity contribution is 0.482. The van der Waals surface area contributed by atoms with Gasteiger partial charge in [-0.15, -0.1) is 0 Å². The average Bonchev–Trinajstić information content (AvgIpc) is 2.51. The van der Waals surface area contributed by atoms with Gasteiger partial charge >= 0.3 is 10.1 Å². The van der Waals surface area contributed by atoms with E-state index in [1.54, 1.807) is 13.8 Å². The van der Waals surface area contributed by atoms with Gasteiger partial charge < -0.3 is 4.18 Å². The molecule has 0 aliphatic rings. The van der Waals surface area contributed by atoms with Crippen molar-refractivity contribution in [2.75, 3.05) is 5.75 Å².